The van der Waals surface area contributed by atoms with Gasteiger partial charge in [0, 0.05) is 48.9 Å². The zero-order valence-electron chi connectivity index (χ0n) is 19.4. The van der Waals surface area contributed by atoms with Crippen molar-refractivity contribution in [3.05, 3.63) is 77.6 Å². The number of benzene rings is 2. The minimum absolute atomic E-state index is 0.141. The Morgan fingerprint density at radius 2 is 1.75 bits per heavy atom. The molecular formula is C26H33N3O3. The summed E-state index contributed by atoms with van der Waals surface area (Å²) >= 11 is 0. The zero-order chi connectivity index (χ0) is 22.9. The van der Waals surface area contributed by atoms with Gasteiger partial charge in [-0.25, -0.2) is 4.79 Å². The molecule has 32 heavy (non-hydrogen) atoms. The maximum atomic E-state index is 13.2. The monoisotopic (exact) mass is 435 g/mol. The van der Waals surface area contributed by atoms with Crippen LogP contribution in [0.25, 0.3) is 0 Å². The molecule has 1 heterocycles. The molecule has 0 saturated carbocycles. The van der Waals surface area contributed by atoms with Crippen LogP contribution < -0.4 is 14.8 Å². The first-order valence-electron chi connectivity index (χ1n) is 11.0. The molecule has 170 valence electrons. The van der Waals surface area contributed by atoms with Crippen LogP contribution >= 0.6 is 0 Å². The number of nitrogens with zero attached hydrogens (tertiary/aromatic N) is 2. The van der Waals surface area contributed by atoms with E-state index in [1.807, 2.05) is 11.0 Å². The smallest absolute Gasteiger partial charge is 0.322 e. The van der Waals surface area contributed by atoms with Gasteiger partial charge >= 0.3 is 6.03 Å². The Kier molecular flexibility index (Phi) is 8.20. The summed E-state index contributed by atoms with van der Waals surface area (Å²) in [6, 6.07) is 17.7. The molecule has 0 spiro atoms. The number of carbonyl (C=O) groups is 1. The summed E-state index contributed by atoms with van der Waals surface area (Å²) in [6.07, 6.45) is 4.03. The molecular weight excluding hydrogens is 402 g/mol. The lowest BCUT2D eigenvalue weighted by molar-refractivity contribution is 0.207. The lowest BCUT2D eigenvalue weighted by atomic mass is 10.1. The first-order valence-corrected chi connectivity index (χ1v) is 11.0. The van der Waals surface area contributed by atoms with Crippen LogP contribution in [0.4, 0.5) is 10.5 Å². The summed E-state index contributed by atoms with van der Waals surface area (Å²) in [5, 5.41) is 3.01. The highest BCUT2D eigenvalue weighted by atomic mass is 16.5. The van der Waals surface area contributed by atoms with E-state index in [0.29, 0.717) is 30.3 Å². The first kappa shape index (κ1) is 23.3. The van der Waals surface area contributed by atoms with E-state index in [9.17, 15) is 4.79 Å². The fourth-order valence-electron chi connectivity index (χ4n) is 3.60. The lowest BCUT2D eigenvalue weighted by Crippen LogP contribution is -2.36. The maximum absolute atomic E-state index is 13.2. The van der Waals surface area contributed by atoms with E-state index in [1.165, 1.54) is 11.1 Å². The van der Waals surface area contributed by atoms with E-state index in [4.69, 9.17) is 9.47 Å². The second-order valence-corrected chi connectivity index (χ2v) is 7.86. The standard InChI is InChI=1S/C26H33N3O3/c1-5-6-13-29(26(30)27-22-15-24(31-3)17-25(16-22)32-4)19-23-12-9-14-28(23)18-21-11-8-7-10-20(21)2/h7-12,14-17H,5-6,13,18-19H2,1-4H3,(H,27,30). The summed E-state index contributed by atoms with van der Waals surface area (Å²) < 4.78 is 12.9. The Balaban J connectivity index is 1.77. The van der Waals surface area contributed by atoms with Crippen molar-refractivity contribution in [3.63, 3.8) is 0 Å². The molecule has 0 unspecified atom stereocenters. The highest BCUT2D eigenvalue weighted by molar-refractivity contribution is 5.89. The van der Waals surface area contributed by atoms with Gasteiger partial charge in [-0.05, 0) is 36.6 Å². The Morgan fingerprint density at radius 3 is 2.41 bits per heavy atom. The minimum atomic E-state index is -0.141. The third-order valence-electron chi connectivity index (χ3n) is 5.55. The number of nitrogens with one attached hydrogen (secondary N) is 1. The van der Waals surface area contributed by atoms with E-state index in [-0.39, 0.29) is 6.03 Å². The molecule has 0 radical (unpaired) electrons. The summed E-state index contributed by atoms with van der Waals surface area (Å²) in [5.74, 6) is 1.26. The van der Waals surface area contributed by atoms with Crippen molar-refractivity contribution in [2.24, 2.45) is 0 Å². The number of unbranched alkanes of at least 4 members (excludes halogenated alkanes) is 1. The predicted octanol–water partition coefficient (Wildman–Crippen LogP) is 5.70. The van der Waals surface area contributed by atoms with Crippen LogP contribution in [0.1, 0.15) is 36.6 Å². The van der Waals surface area contributed by atoms with Crippen molar-refractivity contribution in [1.82, 2.24) is 9.47 Å². The van der Waals surface area contributed by atoms with Crippen LogP contribution in [-0.2, 0) is 13.1 Å². The highest BCUT2D eigenvalue weighted by Crippen LogP contribution is 2.26. The van der Waals surface area contributed by atoms with Crippen molar-refractivity contribution < 1.29 is 14.3 Å². The quantitative estimate of drug-likeness (QED) is 0.445. The molecule has 1 aromatic heterocycles. The number of ether oxygens (including phenoxy) is 2. The maximum Gasteiger partial charge on any atom is 0.322 e. The van der Waals surface area contributed by atoms with E-state index >= 15 is 0 Å². The van der Waals surface area contributed by atoms with Crippen molar-refractivity contribution in [2.45, 2.75) is 39.8 Å². The third kappa shape index (κ3) is 6.06. The lowest BCUT2D eigenvalue weighted by Gasteiger charge is -2.24. The minimum Gasteiger partial charge on any atom is -0.497 e. The van der Waals surface area contributed by atoms with Gasteiger partial charge in [-0.2, -0.15) is 0 Å². The largest absolute Gasteiger partial charge is 0.497 e. The van der Waals surface area contributed by atoms with Crippen LogP contribution in [0.3, 0.4) is 0 Å². The molecule has 1 N–H and O–H groups in total. The molecule has 0 bridgehead atoms. The average Bonchev–Trinajstić information content (AvgIpc) is 3.24. The number of aryl methyl sites for hydroxylation is 1. The SMILES string of the molecule is CCCCN(Cc1cccn1Cc1ccccc1C)C(=O)Nc1cc(OC)cc(OC)c1. The van der Waals surface area contributed by atoms with Gasteiger partial charge in [-0.3, -0.25) is 0 Å². The van der Waals surface area contributed by atoms with Crippen molar-refractivity contribution >= 4 is 11.7 Å². The fourth-order valence-corrected chi connectivity index (χ4v) is 3.60. The molecule has 0 aliphatic carbocycles. The predicted molar refractivity (Wildman–Crippen MR) is 129 cm³/mol. The number of amides is 2. The van der Waals surface area contributed by atoms with E-state index in [2.05, 4.69) is 60.3 Å². The number of hydrogen-bond acceptors (Lipinski definition) is 3. The van der Waals surface area contributed by atoms with E-state index in [0.717, 1.165) is 25.1 Å². The van der Waals surface area contributed by atoms with E-state index < -0.39 is 0 Å². The summed E-state index contributed by atoms with van der Waals surface area (Å²) in [6.45, 7) is 6.25. The Bertz CT molecular complexity index is 1010. The fraction of sp³-hybridized carbons (Fsp3) is 0.346. The number of carbonyl (C=O) groups excluding carboxylic acids is 1. The molecule has 0 fully saturated rings. The van der Waals surface area contributed by atoms with Gasteiger partial charge < -0.3 is 24.3 Å². The Morgan fingerprint density at radius 1 is 1.03 bits per heavy atom. The van der Waals surface area contributed by atoms with Gasteiger partial charge in [-0.15, -0.1) is 0 Å². The molecule has 0 saturated heterocycles. The zero-order valence-corrected chi connectivity index (χ0v) is 19.4. The second kappa shape index (κ2) is 11.3. The van der Waals surface area contributed by atoms with Crippen molar-refractivity contribution in [1.29, 1.82) is 0 Å². The molecule has 0 aliphatic rings. The van der Waals surface area contributed by atoms with Crippen molar-refractivity contribution in [2.75, 3.05) is 26.1 Å². The number of aromatic nitrogens is 1. The van der Waals surface area contributed by atoms with Crippen LogP contribution in [0, 0.1) is 6.92 Å². The molecule has 2 amide bonds. The van der Waals surface area contributed by atoms with Crippen LogP contribution in [0.5, 0.6) is 11.5 Å². The Hall–Kier alpha value is -3.41. The van der Waals surface area contributed by atoms with Gasteiger partial charge in [0.2, 0.25) is 0 Å². The van der Waals surface area contributed by atoms with Gasteiger partial charge in [-0.1, -0.05) is 37.6 Å². The summed E-state index contributed by atoms with van der Waals surface area (Å²) in [7, 11) is 3.19. The topological polar surface area (TPSA) is 55.7 Å². The van der Waals surface area contributed by atoms with Gasteiger partial charge in [0.1, 0.15) is 11.5 Å². The third-order valence-corrected chi connectivity index (χ3v) is 5.55. The molecule has 3 aromatic rings. The van der Waals surface area contributed by atoms with Gasteiger partial charge in [0.05, 0.1) is 20.8 Å². The Labute approximate surface area is 190 Å². The average molecular weight is 436 g/mol. The second-order valence-electron chi connectivity index (χ2n) is 7.86. The first-order chi connectivity index (χ1) is 15.5. The van der Waals surface area contributed by atoms with Crippen molar-refractivity contribution in [3.8, 4) is 11.5 Å². The number of urea groups is 1. The van der Waals surface area contributed by atoms with Crippen LogP contribution in [0.15, 0.2) is 60.8 Å². The number of hydrogen-bond donors (Lipinski definition) is 1. The number of anilines is 1. The molecule has 0 aliphatic heterocycles. The molecule has 6 nitrogen and oxygen atoms in total. The molecule has 2 aromatic carbocycles. The number of methoxy groups -OCH3 is 2. The number of rotatable bonds is 10. The molecule has 6 heteroatoms. The van der Waals surface area contributed by atoms with Gasteiger partial charge in [0.15, 0.2) is 0 Å². The van der Waals surface area contributed by atoms with E-state index in [1.54, 1.807) is 32.4 Å². The molecule has 3 rings (SSSR count). The highest BCUT2D eigenvalue weighted by Gasteiger charge is 2.17. The summed E-state index contributed by atoms with van der Waals surface area (Å²) in [5.41, 5.74) is 4.28. The summed E-state index contributed by atoms with van der Waals surface area (Å²) in [4.78, 5) is 15.1. The van der Waals surface area contributed by atoms with Crippen LogP contribution in [0.2, 0.25) is 0 Å². The normalized spacial score (nSPS) is 10.6. The van der Waals surface area contributed by atoms with Crippen LogP contribution in [-0.4, -0.2) is 36.3 Å². The van der Waals surface area contributed by atoms with Gasteiger partial charge in [0.25, 0.3) is 0 Å². The molecule has 0 atom stereocenters.